The lowest BCUT2D eigenvalue weighted by Crippen LogP contribution is -2.54. The summed E-state index contributed by atoms with van der Waals surface area (Å²) in [4.78, 5) is 41.6. The highest BCUT2D eigenvalue weighted by Gasteiger charge is 2.67. The zero-order valence-electron chi connectivity index (χ0n) is 19.8. The first-order valence-corrected chi connectivity index (χ1v) is 11.0. The number of nitrogens with one attached hydrogen (secondary N) is 1. The number of imide groups is 1. The number of rotatable bonds is 7. The number of hydrogen-bond donors (Lipinski definition) is 1. The maximum atomic E-state index is 13.7. The Hall–Kier alpha value is -3.59. The number of esters is 1. The van der Waals surface area contributed by atoms with Crippen molar-refractivity contribution in [2.75, 3.05) is 32.8 Å². The van der Waals surface area contributed by atoms with Crippen molar-refractivity contribution in [2.45, 2.75) is 25.4 Å². The maximum Gasteiger partial charge on any atom is 0.326 e. The smallest absolute Gasteiger partial charge is 0.326 e. The number of carbonyl (C=O) groups excluding carboxylic acids is 3. The van der Waals surface area contributed by atoms with Crippen LogP contribution in [0.5, 0.6) is 17.2 Å². The molecule has 0 bridgehead atoms. The van der Waals surface area contributed by atoms with E-state index in [0.29, 0.717) is 28.5 Å². The number of methoxy groups -OCH3 is 3. The fourth-order valence-electron chi connectivity index (χ4n) is 4.93. The van der Waals surface area contributed by atoms with Crippen molar-refractivity contribution >= 4 is 23.5 Å². The molecule has 2 aliphatic rings. The number of anilines is 1. The molecule has 0 radical (unpaired) electrons. The van der Waals surface area contributed by atoms with Gasteiger partial charge in [-0.05, 0) is 55.8 Å². The van der Waals surface area contributed by atoms with Crippen molar-refractivity contribution in [3.63, 3.8) is 0 Å². The minimum atomic E-state index is -1.40. The highest BCUT2D eigenvalue weighted by Crippen LogP contribution is 2.50. The number of ether oxygens (including phenoxy) is 4. The van der Waals surface area contributed by atoms with Crippen LogP contribution in [-0.4, -0.2) is 51.3 Å². The van der Waals surface area contributed by atoms with Crippen LogP contribution in [-0.2, 0) is 19.1 Å². The summed E-state index contributed by atoms with van der Waals surface area (Å²) >= 11 is 0. The normalized spacial score (nSPS) is 25.8. The van der Waals surface area contributed by atoms with Crippen LogP contribution in [0.2, 0.25) is 0 Å². The second-order valence-electron chi connectivity index (χ2n) is 8.37. The Morgan fingerprint density at radius 1 is 0.971 bits per heavy atom. The molecule has 4 atom stereocenters. The number of benzene rings is 2. The largest absolute Gasteiger partial charge is 0.497 e. The molecule has 0 saturated carbocycles. The van der Waals surface area contributed by atoms with E-state index in [2.05, 4.69) is 5.32 Å². The minimum Gasteiger partial charge on any atom is -0.497 e. The van der Waals surface area contributed by atoms with Crippen LogP contribution in [0.1, 0.15) is 25.5 Å². The molecule has 2 amide bonds. The van der Waals surface area contributed by atoms with Gasteiger partial charge in [-0.1, -0.05) is 6.07 Å². The molecule has 9 nitrogen and oxygen atoms in total. The molecular formula is C25H28N2O7. The first kappa shape index (κ1) is 23.6. The zero-order valence-corrected chi connectivity index (χ0v) is 19.8. The molecule has 0 aliphatic carbocycles. The Kier molecular flexibility index (Phi) is 6.22. The molecule has 2 aromatic rings. The van der Waals surface area contributed by atoms with Crippen LogP contribution in [0.15, 0.2) is 42.5 Å². The Morgan fingerprint density at radius 2 is 1.65 bits per heavy atom. The Morgan fingerprint density at radius 3 is 2.24 bits per heavy atom. The average molecular weight is 469 g/mol. The van der Waals surface area contributed by atoms with Crippen LogP contribution < -0.4 is 24.4 Å². The number of nitrogens with zero attached hydrogens (tertiary/aromatic N) is 1. The molecular weight excluding hydrogens is 440 g/mol. The molecule has 0 unspecified atom stereocenters. The van der Waals surface area contributed by atoms with Crippen LogP contribution >= 0.6 is 0 Å². The summed E-state index contributed by atoms with van der Waals surface area (Å²) in [6, 6.07) is 11.3. The van der Waals surface area contributed by atoms with E-state index in [4.69, 9.17) is 18.9 Å². The molecule has 1 N–H and O–H groups in total. The van der Waals surface area contributed by atoms with Gasteiger partial charge >= 0.3 is 5.97 Å². The summed E-state index contributed by atoms with van der Waals surface area (Å²) in [7, 11) is 4.59. The number of amides is 2. The molecule has 2 aromatic carbocycles. The van der Waals surface area contributed by atoms with Crippen molar-refractivity contribution in [1.29, 1.82) is 0 Å². The van der Waals surface area contributed by atoms with Crippen molar-refractivity contribution in [2.24, 2.45) is 11.8 Å². The molecule has 4 rings (SSSR count). The second-order valence-corrected chi connectivity index (χ2v) is 8.37. The van der Waals surface area contributed by atoms with Gasteiger partial charge in [-0.2, -0.15) is 0 Å². The topological polar surface area (TPSA) is 103 Å². The summed E-state index contributed by atoms with van der Waals surface area (Å²) in [5, 5.41) is 3.25. The van der Waals surface area contributed by atoms with E-state index in [9.17, 15) is 14.4 Å². The Balaban J connectivity index is 1.80. The predicted molar refractivity (Wildman–Crippen MR) is 123 cm³/mol. The molecule has 2 saturated heterocycles. The van der Waals surface area contributed by atoms with E-state index >= 15 is 0 Å². The quantitative estimate of drug-likeness (QED) is 0.488. The molecule has 2 heterocycles. The van der Waals surface area contributed by atoms with Gasteiger partial charge in [-0.25, -0.2) is 4.90 Å². The first-order chi connectivity index (χ1) is 16.3. The van der Waals surface area contributed by atoms with Gasteiger partial charge in [-0.15, -0.1) is 0 Å². The van der Waals surface area contributed by atoms with E-state index in [-0.39, 0.29) is 12.5 Å². The summed E-state index contributed by atoms with van der Waals surface area (Å²) in [6.45, 7) is 3.47. The third-order valence-corrected chi connectivity index (χ3v) is 6.58. The summed E-state index contributed by atoms with van der Waals surface area (Å²) in [6.07, 6.45) is 0. The molecule has 34 heavy (non-hydrogen) atoms. The van der Waals surface area contributed by atoms with Crippen LogP contribution in [0, 0.1) is 11.8 Å². The van der Waals surface area contributed by atoms with E-state index in [1.165, 1.54) is 21.3 Å². The molecule has 180 valence electrons. The van der Waals surface area contributed by atoms with Crippen molar-refractivity contribution in [1.82, 2.24) is 5.32 Å². The molecule has 2 aliphatic heterocycles. The molecule has 0 spiro atoms. The van der Waals surface area contributed by atoms with E-state index in [0.717, 1.165) is 4.90 Å². The summed E-state index contributed by atoms with van der Waals surface area (Å²) < 4.78 is 21.3. The fourth-order valence-corrected chi connectivity index (χ4v) is 4.93. The van der Waals surface area contributed by atoms with Crippen molar-refractivity contribution in [3.8, 4) is 17.2 Å². The van der Waals surface area contributed by atoms with Gasteiger partial charge in [0.2, 0.25) is 11.8 Å². The third kappa shape index (κ3) is 3.56. The number of hydrogen-bond acceptors (Lipinski definition) is 8. The van der Waals surface area contributed by atoms with Gasteiger partial charge in [0.1, 0.15) is 11.3 Å². The van der Waals surface area contributed by atoms with Gasteiger partial charge in [0.25, 0.3) is 0 Å². The van der Waals surface area contributed by atoms with Gasteiger partial charge in [-0.3, -0.25) is 19.7 Å². The minimum absolute atomic E-state index is 0.152. The lowest BCUT2D eigenvalue weighted by Gasteiger charge is -2.29. The highest BCUT2D eigenvalue weighted by molar-refractivity contribution is 6.24. The predicted octanol–water partition coefficient (Wildman–Crippen LogP) is 2.48. The second kappa shape index (κ2) is 8.98. The Bertz CT molecular complexity index is 1120. The van der Waals surface area contributed by atoms with Gasteiger partial charge in [0, 0.05) is 6.04 Å². The summed E-state index contributed by atoms with van der Waals surface area (Å²) in [5.41, 5.74) is -0.284. The SMILES string of the molecule is CCOC(=O)[C@]1(C)N[C@@H](c2ccc(OC)c(OC)c2)[C@H]2C(=O)N(c3ccc(OC)cc3)C(=O)[C@H]21. The zero-order chi connectivity index (χ0) is 24.6. The van der Waals surface area contributed by atoms with Crippen LogP contribution in [0.25, 0.3) is 0 Å². The number of fused-ring (bicyclic) bond motifs is 1. The molecule has 0 aromatic heterocycles. The van der Waals surface area contributed by atoms with Crippen LogP contribution in [0.4, 0.5) is 5.69 Å². The lowest BCUT2D eigenvalue weighted by molar-refractivity contribution is -0.153. The third-order valence-electron chi connectivity index (χ3n) is 6.58. The monoisotopic (exact) mass is 468 g/mol. The highest BCUT2D eigenvalue weighted by atomic mass is 16.5. The van der Waals surface area contributed by atoms with E-state index < -0.39 is 35.3 Å². The van der Waals surface area contributed by atoms with E-state index in [1.807, 2.05) is 0 Å². The molecule has 9 heteroatoms. The van der Waals surface area contributed by atoms with Gasteiger partial charge < -0.3 is 18.9 Å². The maximum absolute atomic E-state index is 13.7. The van der Waals surface area contributed by atoms with Gasteiger partial charge in [0.05, 0.1) is 45.5 Å². The number of carbonyl (C=O) groups is 3. The first-order valence-electron chi connectivity index (χ1n) is 11.0. The van der Waals surface area contributed by atoms with E-state index in [1.54, 1.807) is 56.3 Å². The molecule has 2 fully saturated rings. The Labute approximate surface area is 197 Å². The lowest BCUT2D eigenvalue weighted by atomic mass is 9.80. The fraction of sp³-hybridized carbons (Fsp3) is 0.400. The van der Waals surface area contributed by atoms with Gasteiger partial charge in [0.15, 0.2) is 11.5 Å². The van der Waals surface area contributed by atoms with Crippen LogP contribution in [0.3, 0.4) is 0 Å². The van der Waals surface area contributed by atoms with Crippen molar-refractivity contribution in [3.05, 3.63) is 48.0 Å². The average Bonchev–Trinajstić information content (AvgIpc) is 3.32. The summed E-state index contributed by atoms with van der Waals surface area (Å²) in [5.74, 6) is -1.57. The standard InChI is InChI=1S/C25H28N2O7/c1-6-34-24(30)25(2)20-19(21(26-25)14-7-12-17(32-4)18(13-14)33-5)22(28)27(23(20)29)15-8-10-16(31-3)11-9-15/h7-13,19-21,26H,6H2,1-5H3/t19-,20-,21-,25+/m0/s1. The van der Waals surface area contributed by atoms with Crippen molar-refractivity contribution < 1.29 is 33.3 Å².